The van der Waals surface area contributed by atoms with E-state index in [0.717, 1.165) is 37.2 Å². The summed E-state index contributed by atoms with van der Waals surface area (Å²) in [5.41, 5.74) is 1.05. The van der Waals surface area contributed by atoms with Crippen LogP contribution in [0.25, 0.3) is 0 Å². The summed E-state index contributed by atoms with van der Waals surface area (Å²) in [4.78, 5) is 26.1. The van der Waals surface area contributed by atoms with Gasteiger partial charge in [-0.15, -0.1) is 0 Å². The van der Waals surface area contributed by atoms with Gasteiger partial charge >= 0.3 is 0 Å². The maximum absolute atomic E-state index is 12.2. The average molecular weight is 332 g/mol. The lowest BCUT2D eigenvalue weighted by molar-refractivity contribution is -0.135. The number of carbonyl (C=O) groups is 2. The Balaban J connectivity index is 1.75. The van der Waals surface area contributed by atoms with Crippen molar-refractivity contribution >= 4 is 11.8 Å². The third-order valence-electron chi connectivity index (χ3n) is 4.48. The van der Waals surface area contributed by atoms with E-state index in [-0.39, 0.29) is 23.8 Å². The van der Waals surface area contributed by atoms with Crippen LogP contribution < -0.4 is 10.1 Å². The molecule has 1 fully saturated rings. The van der Waals surface area contributed by atoms with Gasteiger partial charge in [0.2, 0.25) is 11.8 Å². The van der Waals surface area contributed by atoms with Gasteiger partial charge in [0, 0.05) is 31.5 Å². The average Bonchev–Trinajstić information content (AvgIpc) is 2.60. The number of amides is 2. The van der Waals surface area contributed by atoms with E-state index in [1.807, 2.05) is 43.0 Å². The first-order valence-corrected chi connectivity index (χ1v) is 8.71. The minimum absolute atomic E-state index is 0.0389. The van der Waals surface area contributed by atoms with Gasteiger partial charge in [-0.05, 0) is 30.9 Å². The van der Waals surface area contributed by atoms with E-state index in [2.05, 4.69) is 5.32 Å². The lowest BCUT2D eigenvalue weighted by atomic mass is 10.0. The highest BCUT2D eigenvalue weighted by Crippen LogP contribution is 2.19. The summed E-state index contributed by atoms with van der Waals surface area (Å²) >= 11 is 0. The maximum atomic E-state index is 12.2. The summed E-state index contributed by atoms with van der Waals surface area (Å²) in [6, 6.07) is 7.95. The third kappa shape index (κ3) is 4.98. The monoisotopic (exact) mass is 332 g/mol. The van der Waals surface area contributed by atoms with Crippen LogP contribution in [-0.2, 0) is 16.0 Å². The fourth-order valence-electron chi connectivity index (χ4n) is 3.07. The first-order chi connectivity index (χ1) is 11.5. The molecule has 1 saturated heterocycles. The standard InChI is InChI=1S/C19H28N2O3/c1-14(2)19(23)21-12-10-16(11-13-21)20-18(22)9-8-15-6-4-5-7-17(15)24-3/h4-7,14,16H,8-13H2,1-3H3,(H,20,22). The Bertz CT molecular complexity index is 563. The lowest BCUT2D eigenvalue weighted by Crippen LogP contribution is -2.47. The van der Waals surface area contributed by atoms with Gasteiger partial charge in [0.1, 0.15) is 5.75 Å². The Morgan fingerprint density at radius 1 is 1.25 bits per heavy atom. The zero-order chi connectivity index (χ0) is 17.5. The minimum atomic E-state index is 0.0389. The Labute approximate surface area is 144 Å². The molecule has 0 aromatic heterocycles. The van der Waals surface area contributed by atoms with E-state index in [4.69, 9.17) is 4.74 Å². The number of likely N-dealkylation sites (tertiary alicyclic amines) is 1. The summed E-state index contributed by atoms with van der Waals surface area (Å²) in [6.07, 6.45) is 2.78. The van der Waals surface area contributed by atoms with Crippen LogP contribution in [0.2, 0.25) is 0 Å². The zero-order valence-electron chi connectivity index (χ0n) is 14.9. The normalized spacial score (nSPS) is 15.4. The number of piperidine rings is 1. The van der Waals surface area contributed by atoms with Crippen molar-refractivity contribution in [1.82, 2.24) is 10.2 Å². The van der Waals surface area contributed by atoms with E-state index < -0.39 is 0 Å². The topological polar surface area (TPSA) is 58.6 Å². The smallest absolute Gasteiger partial charge is 0.225 e. The third-order valence-corrected chi connectivity index (χ3v) is 4.48. The Kier molecular flexibility index (Phi) is 6.64. The molecule has 1 aromatic carbocycles. The lowest BCUT2D eigenvalue weighted by Gasteiger charge is -2.33. The van der Waals surface area contributed by atoms with Crippen molar-refractivity contribution in [3.05, 3.63) is 29.8 Å². The van der Waals surface area contributed by atoms with E-state index in [1.54, 1.807) is 7.11 Å². The molecule has 0 radical (unpaired) electrons. The van der Waals surface area contributed by atoms with Gasteiger partial charge in [-0.3, -0.25) is 9.59 Å². The van der Waals surface area contributed by atoms with Crippen LogP contribution in [0, 0.1) is 5.92 Å². The Morgan fingerprint density at radius 3 is 2.54 bits per heavy atom. The molecule has 5 nitrogen and oxygen atoms in total. The van der Waals surface area contributed by atoms with E-state index in [0.29, 0.717) is 12.8 Å². The number of aryl methyl sites for hydroxylation is 1. The van der Waals surface area contributed by atoms with E-state index >= 15 is 0 Å². The molecule has 0 saturated carbocycles. The molecule has 2 amide bonds. The van der Waals surface area contributed by atoms with E-state index in [1.165, 1.54) is 0 Å². The highest BCUT2D eigenvalue weighted by Gasteiger charge is 2.24. The molecule has 1 N–H and O–H groups in total. The SMILES string of the molecule is COc1ccccc1CCC(=O)NC1CCN(C(=O)C(C)C)CC1. The van der Waals surface area contributed by atoms with Crippen molar-refractivity contribution in [2.45, 2.75) is 45.6 Å². The predicted octanol–water partition coefficient (Wildman–Crippen LogP) is 2.39. The molecular weight excluding hydrogens is 304 g/mol. The molecule has 1 aromatic rings. The number of para-hydroxylation sites is 1. The molecule has 1 aliphatic heterocycles. The Morgan fingerprint density at radius 2 is 1.92 bits per heavy atom. The molecule has 2 rings (SSSR count). The van der Waals surface area contributed by atoms with Gasteiger partial charge in [0.05, 0.1) is 7.11 Å². The van der Waals surface area contributed by atoms with Crippen LogP contribution in [0.1, 0.15) is 38.7 Å². The number of hydrogen-bond acceptors (Lipinski definition) is 3. The molecule has 0 atom stereocenters. The largest absolute Gasteiger partial charge is 0.496 e. The molecule has 24 heavy (non-hydrogen) atoms. The summed E-state index contributed by atoms with van der Waals surface area (Å²) in [7, 11) is 1.64. The zero-order valence-corrected chi connectivity index (χ0v) is 14.9. The van der Waals surface area contributed by atoms with Crippen molar-refractivity contribution in [2.24, 2.45) is 5.92 Å². The number of benzene rings is 1. The van der Waals surface area contributed by atoms with Crippen molar-refractivity contribution < 1.29 is 14.3 Å². The number of rotatable bonds is 6. The maximum Gasteiger partial charge on any atom is 0.225 e. The highest BCUT2D eigenvalue weighted by atomic mass is 16.5. The van der Waals surface area contributed by atoms with Gasteiger partial charge in [0.15, 0.2) is 0 Å². The first-order valence-electron chi connectivity index (χ1n) is 8.71. The molecule has 0 aliphatic carbocycles. The fraction of sp³-hybridized carbons (Fsp3) is 0.579. The number of nitrogens with one attached hydrogen (secondary N) is 1. The second-order valence-corrected chi connectivity index (χ2v) is 6.63. The second-order valence-electron chi connectivity index (χ2n) is 6.63. The predicted molar refractivity (Wildman–Crippen MR) is 93.9 cm³/mol. The van der Waals surface area contributed by atoms with Crippen molar-refractivity contribution in [1.29, 1.82) is 0 Å². The summed E-state index contributed by atoms with van der Waals surface area (Å²) in [5.74, 6) is 1.13. The van der Waals surface area contributed by atoms with Crippen LogP contribution in [0.4, 0.5) is 0 Å². The molecule has 1 aliphatic rings. The number of carbonyl (C=O) groups excluding carboxylic acids is 2. The quantitative estimate of drug-likeness (QED) is 0.870. The second kappa shape index (κ2) is 8.71. The van der Waals surface area contributed by atoms with Gasteiger partial charge in [-0.2, -0.15) is 0 Å². The molecule has 0 unspecified atom stereocenters. The molecule has 1 heterocycles. The van der Waals surface area contributed by atoms with Crippen molar-refractivity contribution in [3.63, 3.8) is 0 Å². The summed E-state index contributed by atoms with van der Waals surface area (Å²) < 4.78 is 5.31. The fourth-order valence-corrected chi connectivity index (χ4v) is 3.07. The number of ether oxygens (including phenoxy) is 1. The van der Waals surface area contributed by atoms with Crippen LogP contribution in [0.5, 0.6) is 5.75 Å². The van der Waals surface area contributed by atoms with Gasteiger partial charge < -0.3 is 15.0 Å². The molecule has 0 spiro atoms. The van der Waals surface area contributed by atoms with Crippen molar-refractivity contribution in [3.8, 4) is 5.75 Å². The van der Waals surface area contributed by atoms with Gasteiger partial charge in [0.25, 0.3) is 0 Å². The number of methoxy groups -OCH3 is 1. The summed E-state index contributed by atoms with van der Waals surface area (Å²) in [5, 5.41) is 3.10. The summed E-state index contributed by atoms with van der Waals surface area (Å²) in [6.45, 7) is 5.31. The number of hydrogen-bond donors (Lipinski definition) is 1. The van der Waals surface area contributed by atoms with Crippen LogP contribution in [-0.4, -0.2) is 43.0 Å². The number of nitrogens with zero attached hydrogens (tertiary/aromatic N) is 1. The van der Waals surface area contributed by atoms with Crippen molar-refractivity contribution in [2.75, 3.05) is 20.2 Å². The van der Waals surface area contributed by atoms with Crippen LogP contribution in [0.15, 0.2) is 24.3 Å². The van der Waals surface area contributed by atoms with Crippen LogP contribution >= 0.6 is 0 Å². The molecule has 5 heteroatoms. The molecular formula is C19H28N2O3. The van der Waals surface area contributed by atoms with E-state index in [9.17, 15) is 9.59 Å². The minimum Gasteiger partial charge on any atom is -0.496 e. The molecule has 132 valence electrons. The Hall–Kier alpha value is -2.04. The highest BCUT2D eigenvalue weighted by molar-refractivity contribution is 5.78. The van der Waals surface area contributed by atoms with Crippen LogP contribution in [0.3, 0.4) is 0 Å². The molecule has 0 bridgehead atoms. The van der Waals surface area contributed by atoms with Gasteiger partial charge in [-0.25, -0.2) is 0 Å². The van der Waals surface area contributed by atoms with Gasteiger partial charge in [-0.1, -0.05) is 32.0 Å². The first kappa shape index (κ1) is 18.3.